The maximum Gasteiger partial charge on any atom is 0.291 e. The second-order valence-corrected chi connectivity index (χ2v) is 5.48. The van der Waals surface area contributed by atoms with Crippen molar-refractivity contribution in [1.29, 1.82) is 0 Å². The van der Waals surface area contributed by atoms with E-state index in [0.29, 0.717) is 5.76 Å². The molecular weight excluding hydrogens is 314 g/mol. The van der Waals surface area contributed by atoms with E-state index in [0.717, 1.165) is 23.4 Å². The molecule has 0 saturated carbocycles. The molecule has 0 bridgehead atoms. The number of carbonyl (C=O) groups excluding carboxylic acids is 1. The van der Waals surface area contributed by atoms with Crippen LogP contribution in [0.2, 0.25) is 0 Å². The summed E-state index contributed by atoms with van der Waals surface area (Å²) in [6, 6.07) is 20.4. The number of anilines is 1. The molecule has 126 valence electrons. The van der Waals surface area contributed by atoms with Crippen LogP contribution in [-0.4, -0.2) is 5.91 Å². The van der Waals surface area contributed by atoms with Crippen molar-refractivity contribution in [3.8, 4) is 5.75 Å². The normalized spacial score (nSPS) is 10.2. The number of benzene rings is 2. The Kier molecular flexibility index (Phi) is 5.32. The Labute approximate surface area is 146 Å². The van der Waals surface area contributed by atoms with E-state index in [-0.39, 0.29) is 18.3 Å². The Hall–Kier alpha value is -3.27. The molecule has 3 rings (SSSR count). The molecule has 0 aliphatic rings. The lowest BCUT2D eigenvalue weighted by molar-refractivity contribution is 0.0992. The van der Waals surface area contributed by atoms with Crippen molar-refractivity contribution in [3.05, 3.63) is 96.5 Å². The maximum atomic E-state index is 12.2. The Morgan fingerprint density at radius 2 is 1.80 bits per heavy atom. The van der Waals surface area contributed by atoms with E-state index in [1.165, 1.54) is 0 Å². The van der Waals surface area contributed by atoms with Crippen molar-refractivity contribution in [1.82, 2.24) is 0 Å². The summed E-state index contributed by atoms with van der Waals surface area (Å²) in [7, 11) is 0. The first-order valence-corrected chi connectivity index (χ1v) is 8.03. The highest BCUT2D eigenvalue weighted by atomic mass is 16.5. The Balaban J connectivity index is 1.62. The van der Waals surface area contributed by atoms with Crippen LogP contribution in [0, 0.1) is 0 Å². The van der Waals surface area contributed by atoms with Gasteiger partial charge in [-0.3, -0.25) is 4.79 Å². The molecule has 0 unspecified atom stereocenters. The van der Waals surface area contributed by atoms with Crippen LogP contribution in [0.5, 0.6) is 5.75 Å². The van der Waals surface area contributed by atoms with Crippen LogP contribution in [0.1, 0.15) is 21.9 Å². The third-order valence-electron chi connectivity index (χ3n) is 3.62. The summed E-state index contributed by atoms with van der Waals surface area (Å²) >= 11 is 0. The van der Waals surface area contributed by atoms with E-state index >= 15 is 0 Å². The predicted molar refractivity (Wildman–Crippen MR) is 97.8 cm³/mol. The zero-order chi connectivity index (χ0) is 17.5. The Bertz CT molecular complexity index is 852. The molecule has 1 amide bonds. The van der Waals surface area contributed by atoms with Crippen LogP contribution < -0.4 is 10.1 Å². The highest BCUT2D eigenvalue weighted by Crippen LogP contribution is 2.21. The van der Waals surface area contributed by atoms with Gasteiger partial charge >= 0.3 is 0 Å². The van der Waals surface area contributed by atoms with E-state index in [1.807, 2.05) is 60.7 Å². The van der Waals surface area contributed by atoms with Gasteiger partial charge in [-0.05, 0) is 42.3 Å². The molecule has 0 radical (unpaired) electrons. The van der Waals surface area contributed by atoms with Gasteiger partial charge < -0.3 is 14.5 Å². The minimum Gasteiger partial charge on any atom is -0.485 e. The molecule has 0 aliphatic heterocycles. The van der Waals surface area contributed by atoms with Gasteiger partial charge in [0.05, 0.1) is 0 Å². The molecule has 4 heteroatoms. The third-order valence-corrected chi connectivity index (χ3v) is 3.62. The van der Waals surface area contributed by atoms with Crippen LogP contribution in [0.4, 0.5) is 5.69 Å². The number of hydrogen-bond donors (Lipinski definition) is 1. The molecule has 0 spiro atoms. The summed E-state index contributed by atoms with van der Waals surface area (Å²) < 4.78 is 11.4. The minimum atomic E-state index is -0.287. The average Bonchev–Trinajstić information content (AvgIpc) is 3.11. The number of amides is 1. The molecule has 4 nitrogen and oxygen atoms in total. The predicted octanol–water partition coefficient (Wildman–Crippen LogP) is 4.84. The monoisotopic (exact) mass is 333 g/mol. The second kappa shape index (κ2) is 8.02. The van der Waals surface area contributed by atoms with Gasteiger partial charge in [-0.25, -0.2) is 0 Å². The van der Waals surface area contributed by atoms with Crippen molar-refractivity contribution in [2.75, 3.05) is 5.32 Å². The second-order valence-electron chi connectivity index (χ2n) is 5.48. The zero-order valence-electron chi connectivity index (χ0n) is 13.8. The molecular formula is C21H19NO3. The van der Waals surface area contributed by atoms with Crippen molar-refractivity contribution in [3.63, 3.8) is 0 Å². The number of ether oxygens (including phenoxy) is 1. The van der Waals surface area contributed by atoms with Gasteiger partial charge in [0.25, 0.3) is 5.91 Å². The van der Waals surface area contributed by atoms with E-state index in [9.17, 15) is 4.79 Å². The van der Waals surface area contributed by atoms with Gasteiger partial charge in [0, 0.05) is 5.69 Å². The van der Waals surface area contributed by atoms with Crippen LogP contribution in [0.3, 0.4) is 0 Å². The van der Waals surface area contributed by atoms with Gasteiger partial charge in [-0.2, -0.15) is 0 Å². The lowest BCUT2D eigenvalue weighted by Crippen LogP contribution is -2.10. The number of rotatable bonds is 7. The van der Waals surface area contributed by atoms with Gasteiger partial charge in [0.15, 0.2) is 5.76 Å². The molecule has 25 heavy (non-hydrogen) atoms. The first kappa shape index (κ1) is 16.6. The lowest BCUT2D eigenvalue weighted by atomic mass is 10.1. The highest BCUT2D eigenvalue weighted by molar-refractivity contribution is 6.02. The zero-order valence-corrected chi connectivity index (χ0v) is 13.8. The van der Waals surface area contributed by atoms with E-state index < -0.39 is 0 Å². The van der Waals surface area contributed by atoms with E-state index in [1.54, 1.807) is 12.1 Å². The fourth-order valence-corrected chi connectivity index (χ4v) is 2.41. The lowest BCUT2D eigenvalue weighted by Gasteiger charge is -2.09. The first-order chi connectivity index (χ1) is 12.3. The number of furan rings is 1. The topological polar surface area (TPSA) is 51.5 Å². The summed E-state index contributed by atoms with van der Waals surface area (Å²) in [5, 5.41) is 2.79. The molecule has 1 heterocycles. The number of hydrogen-bond acceptors (Lipinski definition) is 3. The highest BCUT2D eigenvalue weighted by Gasteiger charge is 2.12. The standard InChI is InChI=1S/C21H19NO3/c1-2-8-16-9-6-7-12-19(16)24-15-18-13-14-20(25-18)21(23)22-17-10-4-3-5-11-17/h2-7,9-14H,1,8,15H2,(H,22,23). The number of allylic oxidation sites excluding steroid dienone is 1. The minimum absolute atomic E-state index is 0.252. The SMILES string of the molecule is C=CCc1ccccc1OCc1ccc(C(=O)Nc2ccccc2)o1. The fourth-order valence-electron chi connectivity index (χ4n) is 2.41. The number of nitrogens with one attached hydrogen (secondary N) is 1. The van der Waals surface area contributed by atoms with Gasteiger partial charge in [-0.15, -0.1) is 6.58 Å². The number of para-hydroxylation sites is 2. The molecule has 0 fully saturated rings. The van der Waals surface area contributed by atoms with Crippen LogP contribution in [-0.2, 0) is 13.0 Å². The molecule has 0 saturated heterocycles. The first-order valence-electron chi connectivity index (χ1n) is 8.03. The summed E-state index contributed by atoms with van der Waals surface area (Å²) in [5.74, 6) is 1.34. The van der Waals surface area contributed by atoms with Gasteiger partial charge in [-0.1, -0.05) is 42.5 Å². The summed E-state index contributed by atoms with van der Waals surface area (Å²) in [6.07, 6.45) is 2.57. The molecule has 1 aromatic heterocycles. The molecule has 3 aromatic rings. The Morgan fingerprint density at radius 3 is 2.60 bits per heavy atom. The van der Waals surface area contributed by atoms with Crippen LogP contribution in [0.15, 0.2) is 83.8 Å². The van der Waals surface area contributed by atoms with Crippen molar-refractivity contribution in [2.24, 2.45) is 0 Å². The van der Waals surface area contributed by atoms with E-state index in [2.05, 4.69) is 11.9 Å². The molecule has 1 N–H and O–H groups in total. The van der Waals surface area contributed by atoms with Crippen LogP contribution in [0.25, 0.3) is 0 Å². The van der Waals surface area contributed by atoms with Gasteiger partial charge in [0.1, 0.15) is 18.1 Å². The van der Waals surface area contributed by atoms with Crippen molar-refractivity contribution >= 4 is 11.6 Å². The van der Waals surface area contributed by atoms with Crippen molar-refractivity contribution < 1.29 is 13.9 Å². The summed E-state index contributed by atoms with van der Waals surface area (Å²) in [5.41, 5.74) is 1.78. The smallest absolute Gasteiger partial charge is 0.291 e. The van der Waals surface area contributed by atoms with E-state index in [4.69, 9.17) is 9.15 Å². The fraction of sp³-hybridized carbons (Fsp3) is 0.0952. The molecule has 2 aromatic carbocycles. The summed E-state index contributed by atoms with van der Waals surface area (Å²) in [6.45, 7) is 4.01. The average molecular weight is 333 g/mol. The summed E-state index contributed by atoms with van der Waals surface area (Å²) in [4.78, 5) is 12.2. The largest absolute Gasteiger partial charge is 0.485 e. The van der Waals surface area contributed by atoms with Crippen molar-refractivity contribution in [2.45, 2.75) is 13.0 Å². The van der Waals surface area contributed by atoms with Gasteiger partial charge in [0.2, 0.25) is 0 Å². The quantitative estimate of drug-likeness (QED) is 0.630. The number of carbonyl (C=O) groups is 1. The third kappa shape index (κ3) is 4.38. The molecule has 0 aliphatic carbocycles. The molecule has 0 atom stereocenters. The van der Waals surface area contributed by atoms with Crippen LogP contribution >= 0.6 is 0 Å². The Morgan fingerprint density at radius 1 is 1.04 bits per heavy atom. The maximum absolute atomic E-state index is 12.2.